The first-order valence-corrected chi connectivity index (χ1v) is 17.7. The Kier molecular flexibility index (Phi) is 7.02. The minimum Gasteiger partial charge on any atom is -0.396 e. The Labute approximate surface area is 259 Å². The van der Waals surface area contributed by atoms with Crippen LogP contribution in [0.25, 0.3) is 0 Å². The zero-order valence-electron chi connectivity index (χ0n) is 27.1. The fraction of sp³-hybridized carbons (Fsp3) is 0.868. The fourth-order valence-corrected chi connectivity index (χ4v) is 13.4. The van der Waals surface area contributed by atoms with Crippen LogP contribution in [0.15, 0.2) is 11.6 Å². The standard InChI is InChI=1S/C38H56O5/c1-33-15-9-8-12-30(42)38(19-18-33)26(21-33)25-20-27(40)32-35(3,36(25,4)22-31(38)43)16-13-28-34(2,23-39)29(41)14-17-37(28,32)24-10-6-5-7-11-24/h20,24,26,28-32,39,41-43H,5-7,9-11,13-19,21-23H2,1-4H3. The maximum Gasteiger partial charge on any atom is 0.159 e. The Morgan fingerprint density at radius 3 is 2.30 bits per heavy atom. The van der Waals surface area contributed by atoms with Gasteiger partial charge in [0.1, 0.15) is 6.10 Å². The van der Waals surface area contributed by atoms with Gasteiger partial charge in [0.2, 0.25) is 0 Å². The molecule has 0 aromatic carbocycles. The molecule has 238 valence electrons. The lowest BCUT2D eigenvalue weighted by Crippen LogP contribution is -2.71. The van der Waals surface area contributed by atoms with E-state index < -0.39 is 29.1 Å². The highest BCUT2D eigenvalue weighted by atomic mass is 16.3. The molecule has 5 fully saturated rings. The summed E-state index contributed by atoms with van der Waals surface area (Å²) in [5, 5.41) is 46.2. The molecule has 8 aliphatic rings. The van der Waals surface area contributed by atoms with Gasteiger partial charge >= 0.3 is 0 Å². The van der Waals surface area contributed by atoms with Gasteiger partial charge in [-0.3, -0.25) is 4.79 Å². The van der Waals surface area contributed by atoms with E-state index in [1.165, 1.54) is 24.8 Å². The number of carbonyl (C=O) groups is 1. The van der Waals surface area contributed by atoms with Crippen LogP contribution in [0.2, 0.25) is 0 Å². The second-order valence-corrected chi connectivity index (χ2v) is 17.6. The molecule has 5 nitrogen and oxygen atoms in total. The monoisotopic (exact) mass is 592 g/mol. The zero-order valence-corrected chi connectivity index (χ0v) is 27.1. The number of allylic oxidation sites excluding steroid dienone is 2. The number of ketones is 1. The summed E-state index contributed by atoms with van der Waals surface area (Å²) in [7, 11) is 0. The van der Waals surface area contributed by atoms with Gasteiger partial charge < -0.3 is 20.4 Å². The van der Waals surface area contributed by atoms with Crippen molar-refractivity contribution < 1.29 is 25.2 Å². The number of aliphatic hydroxyl groups excluding tert-OH is 4. The normalized spacial score (nSPS) is 54.8. The summed E-state index contributed by atoms with van der Waals surface area (Å²) in [5.41, 5.74) is -1.07. The van der Waals surface area contributed by atoms with E-state index in [0.29, 0.717) is 18.8 Å². The lowest BCUT2D eigenvalue weighted by molar-refractivity contribution is -0.246. The lowest BCUT2D eigenvalue weighted by atomic mass is 9.30. The largest absolute Gasteiger partial charge is 0.396 e. The summed E-state index contributed by atoms with van der Waals surface area (Å²) in [5.74, 6) is 6.90. The molecule has 8 aliphatic carbocycles. The Morgan fingerprint density at radius 2 is 1.58 bits per heavy atom. The van der Waals surface area contributed by atoms with Gasteiger partial charge in [0.15, 0.2) is 5.78 Å². The number of hydrogen-bond donors (Lipinski definition) is 4. The molecule has 2 bridgehead atoms. The molecule has 0 aliphatic heterocycles. The van der Waals surface area contributed by atoms with Gasteiger partial charge in [-0.25, -0.2) is 0 Å². The Morgan fingerprint density at radius 1 is 0.837 bits per heavy atom. The van der Waals surface area contributed by atoms with Crippen LogP contribution >= 0.6 is 0 Å². The van der Waals surface area contributed by atoms with Gasteiger partial charge in [-0.05, 0) is 116 Å². The average molecular weight is 593 g/mol. The molecule has 12 atom stereocenters. The number of carbonyl (C=O) groups excluding carboxylic acids is 1. The van der Waals surface area contributed by atoms with E-state index in [1.54, 1.807) is 0 Å². The molecule has 0 heterocycles. The van der Waals surface area contributed by atoms with Crippen molar-refractivity contribution in [1.82, 2.24) is 0 Å². The molecule has 0 amide bonds. The van der Waals surface area contributed by atoms with Gasteiger partial charge in [-0.1, -0.05) is 58.5 Å². The predicted molar refractivity (Wildman–Crippen MR) is 166 cm³/mol. The molecule has 0 saturated heterocycles. The molecule has 0 aromatic rings. The summed E-state index contributed by atoms with van der Waals surface area (Å²) in [6.07, 6.45) is 13.9. The molecule has 0 radical (unpaired) electrons. The quantitative estimate of drug-likeness (QED) is 0.296. The van der Waals surface area contributed by atoms with E-state index in [-0.39, 0.29) is 51.8 Å². The first-order chi connectivity index (χ1) is 20.3. The predicted octanol–water partition coefficient (Wildman–Crippen LogP) is 5.97. The van der Waals surface area contributed by atoms with E-state index in [1.807, 2.05) is 6.08 Å². The molecule has 8 rings (SSSR count). The van der Waals surface area contributed by atoms with Gasteiger partial charge in [-0.2, -0.15) is 0 Å². The van der Waals surface area contributed by atoms with Crippen LogP contribution in [0, 0.1) is 68.0 Å². The highest BCUT2D eigenvalue weighted by Crippen LogP contribution is 2.77. The minimum atomic E-state index is -0.893. The van der Waals surface area contributed by atoms with Crippen molar-refractivity contribution in [1.29, 1.82) is 0 Å². The van der Waals surface area contributed by atoms with Crippen molar-refractivity contribution in [2.24, 2.45) is 56.2 Å². The van der Waals surface area contributed by atoms with Crippen molar-refractivity contribution in [3.05, 3.63) is 11.6 Å². The van der Waals surface area contributed by atoms with Gasteiger partial charge in [-0.15, -0.1) is 5.92 Å². The Bertz CT molecular complexity index is 1260. The van der Waals surface area contributed by atoms with Gasteiger partial charge in [0.05, 0.1) is 18.8 Å². The Balaban J connectivity index is 1.42. The summed E-state index contributed by atoms with van der Waals surface area (Å²) in [6.45, 7) is 9.12. The maximum atomic E-state index is 15.1. The topological polar surface area (TPSA) is 98.0 Å². The Hall–Kier alpha value is -1.19. The van der Waals surface area contributed by atoms with Crippen LogP contribution in [0.5, 0.6) is 0 Å². The molecular formula is C38H56O5. The van der Waals surface area contributed by atoms with E-state index in [9.17, 15) is 20.4 Å². The summed E-state index contributed by atoms with van der Waals surface area (Å²) < 4.78 is 0. The van der Waals surface area contributed by atoms with Crippen molar-refractivity contribution in [3.63, 3.8) is 0 Å². The van der Waals surface area contributed by atoms with Crippen LogP contribution < -0.4 is 0 Å². The number of rotatable bonds is 2. The second-order valence-electron chi connectivity index (χ2n) is 17.6. The summed E-state index contributed by atoms with van der Waals surface area (Å²) in [6, 6.07) is 0. The second kappa shape index (κ2) is 9.90. The van der Waals surface area contributed by atoms with Crippen LogP contribution in [-0.2, 0) is 4.79 Å². The summed E-state index contributed by atoms with van der Waals surface area (Å²) >= 11 is 0. The number of aliphatic hydroxyl groups is 4. The number of hydrogen-bond acceptors (Lipinski definition) is 5. The summed E-state index contributed by atoms with van der Waals surface area (Å²) in [4.78, 5) is 15.1. The fourth-order valence-electron chi connectivity index (χ4n) is 13.4. The zero-order chi connectivity index (χ0) is 30.6. The first kappa shape index (κ1) is 30.5. The van der Waals surface area contributed by atoms with E-state index >= 15 is 4.79 Å². The van der Waals surface area contributed by atoms with Crippen molar-refractivity contribution in [2.45, 2.75) is 142 Å². The SMILES string of the molecule is CC12CCC#CC(O)C3(CC1)C(O)CC1(C)C(=CC(=O)C4C5(C6CCCCC6)CCC(O)C(C)(CO)C5CCC41C)C3C2. The highest BCUT2D eigenvalue weighted by molar-refractivity contribution is 5.96. The average Bonchev–Trinajstić information content (AvgIpc) is 3.08. The minimum absolute atomic E-state index is 0.0515. The number of fused-ring (bicyclic) bond motifs is 9. The third-order valence-electron chi connectivity index (χ3n) is 16.1. The third-order valence-corrected chi connectivity index (χ3v) is 16.1. The van der Waals surface area contributed by atoms with Crippen LogP contribution in [-0.4, -0.2) is 51.1 Å². The van der Waals surface area contributed by atoms with Gasteiger partial charge in [0.25, 0.3) is 0 Å². The van der Waals surface area contributed by atoms with Gasteiger partial charge in [0, 0.05) is 23.2 Å². The molecule has 5 saturated carbocycles. The van der Waals surface area contributed by atoms with E-state index in [4.69, 9.17) is 0 Å². The molecular weight excluding hydrogens is 536 g/mol. The molecule has 0 aromatic heterocycles. The first-order valence-electron chi connectivity index (χ1n) is 17.7. The van der Waals surface area contributed by atoms with Crippen molar-refractivity contribution in [2.75, 3.05) is 6.61 Å². The maximum absolute atomic E-state index is 15.1. The highest BCUT2D eigenvalue weighted by Gasteiger charge is 2.74. The molecule has 12 unspecified atom stereocenters. The lowest BCUT2D eigenvalue weighted by Gasteiger charge is -2.73. The van der Waals surface area contributed by atoms with E-state index in [2.05, 4.69) is 39.5 Å². The van der Waals surface area contributed by atoms with Crippen LogP contribution in [0.4, 0.5) is 0 Å². The molecule has 4 N–H and O–H groups in total. The molecule has 43 heavy (non-hydrogen) atoms. The van der Waals surface area contributed by atoms with E-state index in [0.717, 1.165) is 64.2 Å². The third kappa shape index (κ3) is 3.76. The van der Waals surface area contributed by atoms with Crippen molar-refractivity contribution >= 4 is 5.78 Å². The van der Waals surface area contributed by atoms with Crippen LogP contribution in [0.1, 0.15) is 124 Å². The van der Waals surface area contributed by atoms with Crippen molar-refractivity contribution in [3.8, 4) is 11.8 Å². The molecule has 5 heteroatoms. The smallest absolute Gasteiger partial charge is 0.159 e. The van der Waals surface area contributed by atoms with Crippen LogP contribution in [0.3, 0.4) is 0 Å². The molecule has 1 spiro atoms.